The van der Waals surface area contributed by atoms with E-state index in [9.17, 15) is 9.59 Å². The van der Waals surface area contributed by atoms with Crippen LogP contribution in [0.1, 0.15) is 45.4 Å². The molecule has 1 amide bonds. The van der Waals surface area contributed by atoms with Gasteiger partial charge in [-0.25, -0.2) is 4.79 Å². The number of ether oxygens (including phenoxy) is 2. The van der Waals surface area contributed by atoms with Crippen molar-refractivity contribution in [2.75, 3.05) is 33.0 Å². The zero-order valence-corrected chi connectivity index (χ0v) is 14.7. The third kappa shape index (κ3) is 7.18. The smallest absolute Gasteiger partial charge is 0.329 e. The standard InChI is InChI=1S/C18H31NO5/c1-13-6-14-8-15(7-13)10-16(9-14)11-17(20)19-2-3-23-4-5-24-12-18(21)22/h13-16H,2-12H2,1H3,(H,19,20)(H,21,22). The van der Waals surface area contributed by atoms with Gasteiger partial charge in [0.25, 0.3) is 0 Å². The lowest BCUT2D eigenvalue weighted by Gasteiger charge is -2.41. The third-order valence-corrected chi connectivity index (χ3v) is 5.11. The van der Waals surface area contributed by atoms with Gasteiger partial charge in [-0.1, -0.05) is 6.92 Å². The minimum atomic E-state index is -0.983. The van der Waals surface area contributed by atoms with Gasteiger partial charge in [-0.3, -0.25) is 4.79 Å². The Bertz CT molecular complexity index is 396. The van der Waals surface area contributed by atoms with Gasteiger partial charge in [0.1, 0.15) is 6.61 Å². The quantitative estimate of drug-likeness (QED) is 0.594. The van der Waals surface area contributed by atoms with E-state index in [-0.39, 0.29) is 19.1 Å². The van der Waals surface area contributed by atoms with Crippen LogP contribution in [-0.4, -0.2) is 50.0 Å². The normalized spacial score (nSPS) is 29.2. The number of carbonyl (C=O) groups excluding carboxylic acids is 1. The maximum atomic E-state index is 12.0. The SMILES string of the molecule is CC1CC2CC(CC(=O)NCCOCCOCC(=O)O)CC(C1)C2. The molecule has 6 nitrogen and oxygen atoms in total. The summed E-state index contributed by atoms with van der Waals surface area (Å²) in [6.07, 6.45) is 7.12. The maximum absolute atomic E-state index is 12.0. The Hall–Kier alpha value is -1.14. The number of hydrogen-bond acceptors (Lipinski definition) is 4. The van der Waals surface area contributed by atoms with Crippen LogP contribution >= 0.6 is 0 Å². The van der Waals surface area contributed by atoms with Crippen molar-refractivity contribution < 1.29 is 24.2 Å². The number of carbonyl (C=O) groups is 2. The highest BCUT2D eigenvalue weighted by atomic mass is 16.5. The van der Waals surface area contributed by atoms with Crippen LogP contribution in [0, 0.1) is 23.7 Å². The van der Waals surface area contributed by atoms with Crippen molar-refractivity contribution >= 4 is 11.9 Å². The largest absolute Gasteiger partial charge is 0.480 e. The molecule has 2 bridgehead atoms. The maximum Gasteiger partial charge on any atom is 0.329 e. The van der Waals surface area contributed by atoms with Gasteiger partial charge in [-0.2, -0.15) is 0 Å². The predicted octanol–water partition coefficient (Wildman–Crippen LogP) is 2.07. The van der Waals surface area contributed by atoms with Crippen LogP contribution in [-0.2, 0) is 19.1 Å². The average Bonchev–Trinajstić information content (AvgIpc) is 2.48. The molecule has 24 heavy (non-hydrogen) atoms. The van der Waals surface area contributed by atoms with Crippen molar-refractivity contribution in [1.82, 2.24) is 5.32 Å². The molecule has 2 unspecified atom stereocenters. The minimum Gasteiger partial charge on any atom is -0.480 e. The summed E-state index contributed by atoms with van der Waals surface area (Å²) in [4.78, 5) is 22.3. The van der Waals surface area contributed by atoms with Crippen molar-refractivity contribution in [3.63, 3.8) is 0 Å². The van der Waals surface area contributed by atoms with Crippen LogP contribution in [0.5, 0.6) is 0 Å². The van der Waals surface area contributed by atoms with Gasteiger partial charge in [-0.05, 0) is 55.8 Å². The number of amides is 1. The van der Waals surface area contributed by atoms with Gasteiger partial charge in [-0.15, -0.1) is 0 Å². The predicted molar refractivity (Wildman–Crippen MR) is 89.6 cm³/mol. The van der Waals surface area contributed by atoms with E-state index in [0.29, 0.717) is 32.1 Å². The molecular formula is C18H31NO5. The summed E-state index contributed by atoms with van der Waals surface area (Å²) in [5.41, 5.74) is 0. The van der Waals surface area contributed by atoms with Crippen molar-refractivity contribution in [2.45, 2.75) is 45.4 Å². The first-order chi connectivity index (χ1) is 11.5. The van der Waals surface area contributed by atoms with Crippen LogP contribution in [0.2, 0.25) is 0 Å². The molecule has 0 aromatic carbocycles. The van der Waals surface area contributed by atoms with Gasteiger partial charge in [0.2, 0.25) is 5.91 Å². The second-order valence-electron chi connectivity index (χ2n) is 7.49. The summed E-state index contributed by atoms with van der Waals surface area (Å²) >= 11 is 0. The summed E-state index contributed by atoms with van der Waals surface area (Å²) < 4.78 is 10.2. The Labute approximate surface area is 144 Å². The van der Waals surface area contributed by atoms with Crippen molar-refractivity contribution in [3.8, 4) is 0 Å². The molecule has 0 spiro atoms. The molecule has 2 saturated carbocycles. The molecule has 2 fully saturated rings. The van der Waals surface area contributed by atoms with Crippen LogP contribution in [0.25, 0.3) is 0 Å². The molecule has 0 aromatic heterocycles. The summed E-state index contributed by atoms with van der Waals surface area (Å²) in [6, 6.07) is 0. The van der Waals surface area contributed by atoms with E-state index in [1.807, 2.05) is 0 Å². The van der Waals surface area contributed by atoms with Crippen LogP contribution < -0.4 is 5.32 Å². The number of nitrogens with one attached hydrogen (secondary N) is 1. The van der Waals surface area contributed by atoms with Crippen molar-refractivity contribution in [1.29, 1.82) is 0 Å². The van der Waals surface area contributed by atoms with Gasteiger partial charge < -0.3 is 19.9 Å². The first-order valence-electron chi connectivity index (χ1n) is 9.17. The van der Waals surface area contributed by atoms with Crippen LogP contribution in [0.3, 0.4) is 0 Å². The van der Waals surface area contributed by atoms with Crippen molar-refractivity contribution in [2.24, 2.45) is 23.7 Å². The number of carboxylic acid groups (broad SMARTS) is 1. The van der Waals surface area contributed by atoms with Gasteiger partial charge in [0, 0.05) is 13.0 Å². The highest BCUT2D eigenvalue weighted by molar-refractivity contribution is 5.76. The fourth-order valence-electron chi connectivity index (χ4n) is 4.47. The van der Waals surface area contributed by atoms with Gasteiger partial charge in [0.05, 0.1) is 19.8 Å². The highest BCUT2D eigenvalue weighted by Crippen LogP contribution is 2.45. The van der Waals surface area contributed by atoms with E-state index in [2.05, 4.69) is 12.2 Å². The number of carboxylic acids is 1. The molecular weight excluding hydrogens is 310 g/mol. The van der Waals surface area contributed by atoms with E-state index < -0.39 is 5.97 Å². The number of aliphatic carboxylic acids is 1. The second-order valence-corrected chi connectivity index (χ2v) is 7.49. The molecule has 138 valence electrons. The summed E-state index contributed by atoms with van der Waals surface area (Å²) in [5, 5.41) is 11.3. The monoisotopic (exact) mass is 341 g/mol. The summed E-state index contributed by atoms with van der Waals surface area (Å²) in [7, 11) is 0. The Balaban J connectivity index is 1.49. The summed E-state index contributed by atoms with van der Waals surface area (Å²) in [6.45, 7) is 3.57. The molecule has 0 heterocycles. The molecule has 0 radical (unpaired) electrons. The van der Waals surface area contributed by atoms with Crippen molar-refractivity contribution in [3.05, 3.63) is 0 Å². The summed E-state index contributed by atoms with van der Waals surface area (Å²) in [5.74, 6) is 2.22. The van der Waals surface area contributed by atoms with Gasteiger partial charge in [0.15, 0.2) is 0 Å². The molecule has 2 N–H and O–H groups in total. The molecule has 2 aliphatic carbocycles. The first kappa shape index (κ1) is 19.2. The zero-order valence-electron chi connectivity index (χ0n) is 14.7. The highest BCUT2D eigenvalue weighted by Gasteiger charge is 2.35. The van der Waals surface area contributed by atoms with E-state index in [0.717, 1.165) is 17.8 Å². The van der Waals surface area contributed by atoms with E-state index >= 15 is 0 Å². The Morgan fingerprint density at radius 2 is 1.67 bits per heavy atom. The molecule has 0 saturated heterocycles. The second kappa shape index (κ2) is 9.99. The Morgan fingerprint density at radius 3 is 2.33 bits per heavy atom. The molecule has 6 heteroatoms. The average molecular weight is 341 g/mol. The Kier molecular flexibility index (Phi) is 7.99. The van der Waals surface area contributed by atoms with Crippen LogP contribution in [0.15, 0.2) is 0 Å². The molecule has 0 aliphatic heterocycles. The number of fused-ring (bicyclic) bond motifs is 2. The lowest BCUT2D eigenvalue weighted by Crippen LogP contribution is -2.34. The molecule has 0 aromatic rings. The van der Waals surface area contributed by atoms with E-state index in [1.165, 1.54) is 32.1 Å². The van der Waals surface area contributed by atoms with Crippen LogP contribution in [0.4, 0.5) is 0 Å². The fraction of sp³-hybridized carbons (Fsp3) is 0.889. The lowest BCUT2D eigenvalue weighted by atomic mass is 9.64. The zero-order chi connectivity index (χ0) is 17.4. The van der Waals surface area contributed by atoms with E-state index in [4.69, 9.17) is 14.6 Å². The number of hydrogen-bond donors (Lipinski definition) is 2. The minimum absolute atomic E-state index is 0.124. The molecule has 2 aliphatic rings. The lowest BCUT2D eigenvalue weighted by molar-refractivity contribution is -0.142. The first-order valence-corrected chi connectivity index (χ1v) is 9.17. The fourth-order valence-corrected chi connectivity index (χ4v) is 4.47. The molecule has 2 atom stereocenters. The van der Waals surface area contributed by atoms with Gasteiger partial charge >= 0.3 is 5.97 Å². The molecule has 2 rings (SSSR count). The number of rotatable bonds is 10. The topological polar surface area (TPSA) is 84.9 Å². The van der Waals surface area contributed by atoms with E-state index in [1.54, 1.807) is 0 Å². The third-order valence-electron chi connectivity index (χ3n) is 5.11. The Morgan fingerprint density at radius 1 is 1.00 bits per heavy atom.